The fourth-order valence-electron chi connectivity index (χ4n) is 1.69. The van der Waals surface area contributed by atoms with Gasteiger partial charge in [0.25, 0.3) is 10.0 Å². The number of carbonyl (C=O) groups is 1. The number of amides is 1. The van der Waals surface area contributed by atoms with Gasteiger partial charge in [-0.25, -0.2) is 13.1 Å². The summed E-state index contributed by atoms with van der Waals surface area (Å²) in [4.78, 5) is 11.7. The lowest BCUT2D eigenvalue weighted by Gasteiger charge is -2.07. The average Bonchev–Trinajstić information content (AvgIpc) is 2.34. The summed E-state index contributed by atoms with van der Waals surface area (Å²) in [6, 6.07) is 6.42. The van der Waals surface area contributed by atoms with Gasteiger partial charge < -0.3 is 0 Å². The van der Waals surface area contributed by atoms with Gasteiger partial charge in [0.15, 0.2) is 0 Å². The highest BCUT2D eigenvalue weighted by Crippen LogP contribution is 2.10. The van der Waals surface area contributed by atoms with Crippen LogP contribution >= 0.6 is 0 Å². The van der Waals surface area contributed by atoms with E-state index in [-0.39, 0.29) is 11.3 Å². The molecule has 1 aromatic rings. The number of hydrogen-bond donors (Lipinski definition) is 1. The number of rotatable bonds is 7. The Balaban J connectivity index is 2.55. The Morgan fingerprint density at radius 1 is 1.11 bits per heavy atom. The van der Waals surface area contributed by atoms with Crippen molar-refractivity contribution in [3.63, 3.8) is 0 Å². The number of nitrogens with one attached hydrogen (secondary N) is 1. The van der Waals surface area contributed by atoms with Crippen LogP contribution in [0.1, 0.15) is 44.6 Å². The molecular formula is C14H21NO3S. The molecule has 0 radical (unpaired) electrons. The van der Waals surface area contributed by atoms with Crippen LogP contribution in [0.25, 0.3) is 0 Å². The van der Waals surface area contributed by atoms with Crippen LogP contribution < -0.4 is 4.72 Å². The molecule has 0 unspecified atom stereocenters. The fraction of sp³-hybridized carbons (Fsp3) is 0.500. The summed E-state index contributed by atoms with van der Waals surface area (Å²) in [6.07, 6.45) is 4.09. The van der Waals surface area contributed by atoms with Crippen LogP contribution in [0.2, 0.25) is 0 Å². The largest absolute Gasteiger partial charge is 0.274 e. The Bertz CT molecular complexity index is 506. The Kier molecular flexibility index (Phi) is 6.02. The molecule has 0 saturated heterocycles. The molecule has 1 rings (SSSR count). The van der Waals surface area contributed by atoms with Crippen molar-refractivity contribution in [2.45, 2.75) is 50.8 Å². The zero-order valence-electron chi connectivity index (χ0n) is 11.5. The molecule has 5 heteroatoms. The molecule has 0 bridgehead atoms. The maximum absolute atomic E-state index is 11.9. The van der Waals surface area contributed by atoms with E-state index in [9.17, 15) is 13.2 Å². The molecule has 106 valence electrons. The number of benzene rings is 1. The maximum Gasteiger partial charge on any atom is 0.264 e. The van der Waals surface area contributed by atoms with Crippen LogP contribution in [-0.2, 0) is 14.8 Å². The molecule has 0 aliphatic carbocycles. The van der Waals surface area contributed by atoms with Gasteiger partial charge >= 0.3 is 0 Å². The molecule has 0 aromatic heterocycles. The molecule has 4 nitrogen and oxygen atoms in total. The smallest absolute Gasteiger partial charge is 0.264 e. The number of sulfonamides is 1. The highest BCUT2D eigenvalue weighted by Gasteiger charge is 2.16. The molecule has 0 atom stereocenters. The summed E-state index contributed by atoms with van der Waals surface area (Å²) in [7, 11) is -3.72. The van der Waals surface area contributed by atoms with E-state index in [0.717, 1.165) is 31.2 Å². The predicted molar refractivity (Wildman–Crippen MR) is 75.3 cm³/mol. The number of unbranched alkanes of at least 4 members (excludes halogenated alkanes) is 3. The summed E-state index contributed by atoms with van der Waals surface area (Å²) < 4.78 is 25.9. The quantitative estimate of drug-likeness (QED) is 0.783. The van der Waals surface area contributed by atoms with E-state index in [1.165, 1.54) is 12.1 Å². The van der Waals surface area contributed by atoms with Gasteiger partial charge in [0.2, 0.25) is 5.91 Å². The Morgan fingerprint density at radius 2 is 1.74 bits per heavy atom. The minimum Gasteiger partial charge on any atom is -0.274 e. The van der Waals surface area contributed by atoms with Gasteiger partial charge in [0, 0.05) is 6.42 Å². The van der Waals surface area contributed by atoms with Crippen molar-refractivity contribution in [2.75, 3.05) is 0 Å². The number of carbonyl (C=O) groups excluding carboxylic acids is 1. The van der Waals surface area contributed by atoms with Gasteiger partial charge in [-0.15, -0.1) is 0 Å². The van der Waals surface area contributed by atoms with Crippen LogP contribution in [0.3, 0.4) is 0 Å². The summed E-state index contributed by atoms with van der Waals surface area (Å²) in [5, 5.41) is 0. The molecule has 0 aliphatic heterocycles. The first-order valence-corrected chi connectivity index (χ1v) is 8.06. The van der Waals surface area contributed by atoms with Crippen molar-refractivity contribution in [1.29, 1.82) is 0 Å². The lowest BCUT2D eigenvalue weighted by molar-refractivity contribution is -0.119. The Morgan fingerprint density at radius 3 is 2.32 bits per heavy atom. The third kappa shape index (κ3) is 5.42. The van der Waals surface area contributed by atoms with Gasteiger partial charge in [0.1, 0.15) is 0 Å². The van der Waals surface area contributed by atoms with E-state index in [4.69, 9.17) is 0 Å². The van der Waals surface area contributed by atoms with E-state index < -0.39 is 15.9 Å². The van der Waals surface area contributed by atoms with E-state index in [0.29, 0.717) is 0 Å². The van der Waals surface area contributed by atoms with Crippen molar-refractivity contribution in [3.05, 3.63) is 29.8 Å². The van der Waals surface area contributed by atoms with Crippen molar-refractivity contribution < 1.29 is 13.2 Å². The van der Waals surface area contributed by atoms with Crippen LogP contribution in [0.5, 0.6) is 0 Å². The molecule has 0 heterocycles. The fourth-order valence-corrected chi connectivity index (χ4v) is 2.70. The van der Waals surface area contributed by atoms with E-state index in [2.05, 4.69) is 11.6 Å². The topological polar surface area (TPSA) is 63.2 Å². The SMILES string of the molecule is CCCCCCC(=O)NS(=O)(=O)c1ccc(C)cc1. The van der Waals surface area contributed by atoms with Gasteiger partial charge in [-0.3, -0.25) is 4.79 Å². The zero-order chi connectivity index (χ0) is 14.3. The highest BCUT2D eigenvalue weighted by atomic mass is 32.2. The molecule has 1 N–H and O–H groups in total. The molecule has 0 fully saturated rings. The van der Waals surface area contributed by atoms with Crippen molar-refractivity contribution >= 4 is 15.9 Å². The summed E-state index contributed by atoms with van der Waals surface area (Å²) in [6.45, 7) is 3.96. The molecule has 0 spiro atoms. The molecule has 0 aliphatic rings. The van der Waals surface area contributed by atoms with Crippen molar-refractivity contribution in [2.24, 2.45) is 0 Å². The number of hydrogen-bond acceptors (Lipinski definition) is 3. The van der Waals surface area contributed by atoms with Gasteiger partial charge in [0.05, 0.1) is 4.90 Å². The maximum atomic E-state index is 11.9. The van der Waals surface area contributed by atoms with Gasteiger partial charge in [-0.05, 0) is 25.5 Å². The van der Waals surface area contributed by atoms with Crippen molar-refractivity contribution in [3.8, 4) is 0 Å². The second-order valence-electron chi connectivity index (χ2n) is 4.65. The summed E-state index contributed by atoms with van der Waals surface area (Å²) in [5.74, 6) is -0.434. The lowest BCUT2D eigenvalue weighted by Crippen LogP contribution is -2.30. The van der Waals surface area contributed by atoms with Gasteiger partial charge in [-0.2, -0.15) is 0 Å². The number of aryl methyl sites for hydroxylation is 1. The summed E-state index contributed by atoms with van der Waals surface area (Å²) in [5.41, 5.74) is 0.977. The second kappa shape index (κ2) is 7.28. The average molecular weight is 283 g/mol. The minimum atomic E-state index is -3.72. The summed E-state index contributed by atoms with van der Waals surface area (Å²) >= 11 is 0. The first kappa shape index (κ1) is 15.7. The lowest BCUT2D eigenvalue weighted by atomic mass is 10.1. The van der Waals surface area contributed by atoms with E-state index in [1.54, 1.807) is 12.1 Å². The third-order valence-electron chi connectivity index (χ3n) is 2.84. The Labute approximate surface area is 115 Å². The zero-order valence-corrected chi connectivity index (χ0v) is 12.3. The third-order valence-corrected chi connectivity index (χ3v) is 4.23. The van der Waals surface area contributed by atoms with E-state index in [1.807, 2.05) is 6.92 Å². The standard InChI is InChI=1S/C14H21NO3S/c1-3-4-5-6-7-14(16)15-19(17,18)13-10-8-12(2)9-11-13/h8-11H,3-7H2,1-2H3,(H,15,16). The van der Waals surface area contributed by atoms with Crippen LogP contribution in [0, 0.1) is 6.92 Å². The molecule has 1 aromatic carbocycles. The second-order valence-corrected chi connectivity index (χ2v) is 6.33. The van der Waals surface area contributed by atoms with E-state index >= 15 is 0 Å². The monoisotopic (exact) mass is 283 g/mol. The van der Waals surface area contributed by atoms with Crippen LogP contribution in [-0.4, -0.2) is 14.3 Å². The van der Waals surface area contributed by atoms with Crippen LogP contribution in [0.15, 0.2) is 29.2 Å². The molecular weight excluding hydrogens is 262 g/mol. The highest BCUT2D eigenvalue weighted by molar-refractivity contribution is 7.90. The molecule has 0 saturated carbocycles. The normalized spacial score (nSPS) is 11.3. The molecule has 1 amide bonds. The first-order chi connectivity index (χ1) is 8.95. The van der Waals surface area contributed by atoms with Crippen molar-refractivity contribution in [1.82, 2.24) is 4.72 Å². The predicted octanol–water partition coefficient (Wildman–Crippen LogP) is 2.77. The van der Waals surface area contributed by atoms with Crippen LogP contribution in [0.4, 0.5) is 0 Å². The molecule has 19 heavy (non-hydrogen) atoms. The van der Waals surface area contributed by atoms with Gasteiger partial charge in [-0.1, -0.05) is 43.9 Å². The Hall–Kier alpha value is -1.36. The first-order valence-electron chi connectivity index (χ1n) is 6.58. The minimum absolute atomic E-state index is 0.125.